The summed E-state index contributed by atoms with van der Waals surface area (Å²) in [6.07, 6.45) is 4.21. The molecule has 3 heteroatoms. The second-order valence-corrected chi connectivity index (χ2v) is 4.04. The molecule has 15 heavy (non-hydrogen) atoms. The molecule has 0 rings (SSSR count). The van der Waals surface area contributed by atoms with Crippen molar-refractivity contribution in [1.82, 2.24) is 0 Å². The average Bonchev–Trinajstić information content (AvgIpc) is 2.21. The molecule has 92 valence electrons. The molecule has 0 spiro atoms. The Hall–Kier alpha value is -0.180. The number of hydrogen-bond acceptors (Lipinski definition) is 1. The first-order valence-corrected chi connectivity index (χ1v) is 6.04. The Labute approximate surface area is 92.2 Å². The number of alkyl halides is 2. The maximum atomic E-state index is 12.7. The van der Waals surface area contributed by atoms with Crippen LogP contribution in [-0.2, 0) is 4.74 Å². The van der Waals surface area contributed by atoms with Crippen LogP contribution in [0.3, 0.4) is 0 Å². The maximum absolute atomic E-state index is 12.7. The second kappa shape index (κ2) is 10.3. The van der Waals surface area contributed by atoms with Crippen LogP contribution in [0.1, 0.15) is 52.4 Å². The summed E-state index contributed by atoms with van der Waals surface area (Å²) in [7, 11) is 0. The van der Waals surface area contributed by atoms with E-state index < -0.39 is 12.3 Å². The van der Waals surface area contributed by atoms with Gasteiger partial charge in [-0.3, -0.25) is 0 Å². The van der Waals surface area contributed by atoms with Gasteiger partial charge in [-0.15, -0.1) is 0 Å². The standard InChI is InChI=1S/C12H24F2O/c1-3-4-5-6-7-8-9-15-10-12(14)11(2)13/h11-12H,3-10H2,1-2H3. The van der Waals surface area contributed by atoms with Gasteiger partial charge in [0.15, 0.2) is 6.17 Å². The van der Waals surface area contributed by atoms with Crippen LogP contribution < -0.4 is 0 Å². The van der Waals surface area contributed by atoms with Crippen molar-refractivity contribution in [2.24, 2.45) is 0 Å². The van der Waals surface area contributed by atoms with E-state index in [9.17, 15) is 8.78 Å². The second-order valence-electron chi connectivity index (χ2n) is 4.04. The van der Waals surface area contributed by atoms with Crippen LogP contribution in [-0.4, -0.2) is 25.6 Å². The van der Waals surface area contributed by atoms with Crippen molar-refractivity contribution >= 4 is 0 Å². The summed E-state index contributed by atoms with van der Waals surface area (Å²) in [5.41, 5.74) is 0. The van der Waals surface area contributed by atoms with Crippen LogP contribution in [0.5, 0.6) is 0 Å². The van der Waals surface area contributed by atoms with Gasteiger partial charge < -0.3 is 4.74 Å². The van der Waals surface area contributed by atoms with Crippen LogP contribution >= 0.6 is 0 Å². The van der Waals surface area contributed by atoms with Crippen LogP contribution in [0.25, 0.3) is 0 Å². The number of halogens is 2. The number of ether oxygens (including phenoxy) is 1. The molecule has 0 saturated carbocycles. The molecule has 0 aromatic rings. The number of rotatable bonds is 10. The quantitative estimate of drug-likeness (QED) is 0.506. The van der Waals surface area contributed by atoms with Gasteiger partial charge in [0.25, 0.3) is 0 Å². The highest BCUT2D eigenvalue weighted by Crippen LogP contribution is 2.06. The normalized spacial score (nSPS) is 15.2. The Balaban J connectivity index is 3.05. The van der Waals surface area contributed by atoms with E-state index in [1.165, 1.54) is 32.6 Å². The third-order valence-corrected chi connectivity index (χ3v) is 2.42. The lowest BCUT2D eigenvalue weighted by atomic mass is 10.1. The van der Waals surface area contributed by atoms with E-state index in [1.54, 1.807) is 0 Å². The highest BCUT2D eigenvalue weighted by atomic mass is 19.2. The molecular formula is C12H24F2O. The van der Waals surface area contributed by atoms with Gasteiger partial charge in [-0.25, -0.2) is 8.78 Å². The van der Waals surface area contributed by atoms with E-state index in [-0.39, 0.29) is 6.61 Å². The van der Waals surface area contributed by atoms with Crippen LogP contribution in [0, 0.1) is 0 Å². The minimum Gasteiger partial charge on any atom is -0.378 e. The molecule has 0 aliphatic heterocycles. The molecule has 2 unspecified atom stereocenters. The van der Waals surface area contributed by atoms with Crippen LogP contribution in [0.4, 0.5) is 8.78 Å². The molecule has 1 nitrogen and oxygen atoms in total. The molecule has 0 heterocycles. The summed E-state index contributed by atoms with van der Waals surface area (Å²) in [6, 6.07) is 0. The highest BCUT2D eigenvalue weighted by Gasteiger charge is 2.14. The van der Waals surface area contributed by atoms with E-state index in [1.807, 2.05) is 0 Å². The first-order chi connectivity index (χ1) is 7.18. The third kappa shape index (κ3) is 10.1. The number of unbranched alkanes of at least 4 members (excludes halogenated alkanes) is 5. The Bertz CT molecular complexity index is 129. The van der Waals surface area contributed by atoms with Crippen molar-refractivity contribution < 1.29 is 13.5 Å². The lowest BCUT2D eigenvalue weighted by Gasteiger charge is -2.09. The summed E-state index contributed by atoms with van der Waals surface area (Å²) < 4.78 is 30.1. The van der Waals surface area contributed by atoms with Gasteiger partial charge >= 0.3 is 0 Å². The maximum Gasteiger partial charge on any atom is 0.154 e. The van der Waals surface area contributed by atoms with Crippen LogP contribution in [0.15, 0.2) is 0 Å². The van der Waals surface area contributed by atoms with Crippen LogP contribution in [0.2, 0.25) is 0 Å². The topological polar surface area (TPSA) is 9.23 Å². The van der Waals surface area contributed by atoms with Gasteiger partial charge in [-0.1, -0.05) is 39.0 Å². The molecule has 2 atom stereocenters. The molecule has 0 aliphatic rings. The molecule has 0 aliphatic carbocycles. The minimum atomic E-state index is -1.47. The fraction of sp³-hybridized carbons (Fsp3) is 1.00. The molecule has 0 radical (unpaired) electrons. The molecule has 0 N–H and O–H groups in total. The molecule has 0 fully saturated rings. The van der Waals surface area contributed by atoms with Gasteiger partial charge in [0, 0.05) is 6.61 Å². The summed E-state index contributed by atoms with van der Waals surface area (Å²) in [6.45, 7) is 3.85. The van der Waals surface area contributed by atoms with Crippen molar-refractivity contribution in [2.45, 2.75) is 64.7 Å². The molecule has 0 bridgehead atoms. The highest BCUT2D eigenvalue weighted by molar-refractivity contribution is 4.61. The summed E-state index contributed by atoms with van der Waals surface area (Å²) >= 11 is 0. The Morgan fingerprint density at radius 3 is 2.20 bits per heavy atom. The van der Waals surface area contributed by atoms with Gasteiger partial charge in [0.1, 0.15) is 6.17 Å². The summed E-state index contributed by atoms with van der Waals surface area (Å²) in [5.74, 6) is 0. The average molecular weight is 222 g/mol. The third-order valence-electron chi connectivity index (χ3n) is 2.42. The molecule has 0 aromatic heterocycles. The Morgan fingerprint density at radius 1 is 1.00 bits per heavy atom. The molecular weight excluding hydrogens is 198 g/mol. The van der Waals surface area contributed by atoms with Crippen molar-refractivity contribution in [1.29, 1.82) is 0 Å². The molecule has 0 saturated heterocycles. The largest absolute Gasteiger partial charge is 0.378 e. The first kappa shape index (κ1) is 14.8. The van der Waals surface area contributed by atoms with Gasteiger partial charge in [-0.05, 0) is 13.3 Å². The monoisotopic (exact) mass is 222 g/mol. The van der Waals surface area contributed by atoms with E-state index in [0.717, 1.165) is 12.8 Å². The van der Waals surface area contributed by atoms with Crippen molar-refractivity contribution in [2.75, 3.05) is 13.2 Å². The minimum absolute atomic E-state index is 0.105. The first-order valence-electron chi connectivity index (χ1n) is 6.04. The van der Waals surface area contributed by atoms with Crippen molar-refractivity contribution in [3.05, 3.63) is 0 Å². The van der Waals surface area contributed by atoms with E-state index in [0.29, 0.717) is 6.61 Å². The Morgan fingerprint density at radius 2 is 1.60 bits per heavy atom. The number of hydrogen-bond donors (Lipinski definition) is 0. The smallest absolute Gasteiger partial charge is 0.154 e. The van der Waals surface area contributed by atoms with Gasteiger partial charge in [-0.2, -0.15) is 0 Å². The predicted molar refractivity (Wildman–Crippen MR) is 59.7 cm³/mol. The van der Waals surface area contributed by atoms with Crippen molar-refractivity contribution in [3.63, 3.8) is 0 Å². The zero-order chi connectivity index (χ0) is 11.5. The SMILES string of the molecule is CCCCCCCCOCC(F)C(C)F. The fourth-order valence-corrected chi connectivity index (χ4v) is 1.31. The zero-order valence-electron chi connectivity index (χ0n) is 9.98. The lowest BCUT2D eigenvalue weighted by Crippen LogP contribution is -2.20. The lowest BCUT2D eigenvalue weighted by molar-refractivity contribution is 0.0451. The molecule has 0 aromatic carbocycles. The van der Waals surface area contributed by atoms with E-state index in [4.69, 9.17) is 4.74 Å². The van der Waals surface area contributed by atoms with Gasteiger partial charge in [0.2, 0.25) is 0 Å². The van der Waals surface area contributed by atoms with Crippen molar-refractivity contribution in [3.8, 4) is 0 Å². The van der Waals surface area contributed by atoms with E-state index in [2.05, 4.69) is 6.92 Å². The molecule has 0 amide bonds. The fourth-order valence-electron chi connectivity index (χ4n) is 1.31. The zero-order valence-corrected chi connectivity index (χ0v) is 9.98. The van der Waals surface area contributed by atoms with Gasteiger partial charge in [0.05, 0.1) is 6.61 Å². The van der Waals surface area contributed by atoms with E-state index >= 15 is 0 Å². The predicted octanol–water partition coefficient (Wildman–Crippen LogP) is 4.06. The summed E-state index contributed by atoms with van der Waals surface area (Å²) in [4.78, 5) is 0. The summed E-state index contributed by atoms with van der Waals surface area (Å²) in [5, 5.41) is 0. The Kier molecular flexibility index (Phi) is 10.2.